The van der Waals surface area contributed by atoms with Crippen molar-refractivity contribution in [1.29, 1.82) is 0 Å². The maximum Gasteiger partial charge on any atom is 0.0601 e. The van der Waals surface area contributed by atoms with E-state index in [-0.39, 0.29) is 5.41 Å². The summed E-state index contributed by atoms with van der Waals surface area (Å²) >= 11 is 3.69. The van der Waals surface area contributed by atoms with Crippen LogP contribution in [0.4, 0.5) is 0 Å². The molecule has 0 aromatic carbocycles. The molecule has 1 aromatic heterocycles. The second-order valence-electron chi connectivity index (χ2n) is 4.14. The lowest BCUT2D eigenvalue weighted by Gasteiger charge is -2.28. The third kappa shape index (κ3) is 3.33. The number of hydrogen-bond acceptors (Lipinski definition) is 3. The van der Waals surface area contributed by atoms with Gasteiger partial charge in [0.15, 0.2) is 0 Å². The third-order valence-corrected chi connectivity index (χ3v) is 4.72. The molecule has 0 saturated carbocycles. The average Bonchev–Trinajstić information content (AvgIpc) is 2.49. The summed E-state index contributed by atoms with van der Waals surface area (Å²) in [6.45, 7) is 7.47. The van der Waals surface area contributed by atoms with Gasteiger partial charge in [-0.05, 0) is 16.9 Å². The molecule has 1 nitrogen and oxygen atoms in total. The van der Waals surface area contributed by atoms with Gasteiger partial charge in [0, 0.05) is 11.8 Å². The van der Waals surface area contributed by atoms with E-state index in [1.54, 1.807) is 11.3 Å². The molecule has 1 heterocycles. The zero-order chi connectivity index (χ0) is 9.90. The van der Waals surface area contributed by atoms with E-state index >= 15 is 0 Å². The fraction of sp³-hybridized carbons (Fsp3) is 0.600. The van der Waals surface area contributed by atoms with Gasteiger partial charge in [-0.15, -0.1) is 23.1 Å². The molecular formula is C10H17NS2. The van der Waals surface area contributed by atoms with Crippen LogP contribution in [-0.2, 0) is 0 Å². The quantitative estimate of drug-likeness (QED) is 0.784. The predicted octanol–water partition coefficient (Wildman–Crippen LogP) is 3.21. The summed E-state index contributed by atoms with van der Waals surface area (Å²) < 4.78 is 1.37. The minimum atomic E-state index is 0.281. The number of thioether (sulfide) groups is 1. The summed E-state index contributed by atoms with van der Waals surface area (Å²) in [5, 5.41) is 2.62. The van der Waals surface area contributed by atoms with Gasteiger partial charge in [0.1, 0.15) is 0 Å². The van der Waals surface area contributed by atoms with Crippen LogP contribution in [0, 0.1) is 5.41 Å². The third-order valence-electron chi connectivity index (χ3n) is 1.93. The van der Waals surface area contributed by atoms with Crippen LogP contribution < -0.4 is 5.73 Å². The summed E-state index contributed by atoms with van der Waals surface area (Å²) in [6, 6.07) is 4.24. The standard InChI is InChI=1S/C10H17NS2/c1-10(2,3)8(7-11)13-9-5-4-6-12-9/h4-6,8H,7,11H2,1-3H3. The molecule has 1 rings (SSSR count). The first-order valence-corrected chi connectivity index (χ1v) is 6.20. The topological polar surface area (TPSA) is 26.0 Å². The van der Waals surface area contributed by atoms with E-state index in [0.717, 1.165) is 6.54 Å². The first-order chi connectivity index (χ1) is 6.04. The molecule has 0 radical (unpaired) electrons. The maximum absolute atomic E-state index is 5.76. The maximum atomic E-state index is 5.76. The van der Waals surface area contributed by atoms with Crippen LogP contribution in [0.2, 0.25) is 0 Å². The van der Waals surface area contributed by atoms with Gasteiger partial charge < -0.3 is 5.73 Å². The van der Waals surface area contributed by atoms with Crippen LogP contribution in [0.3, 0.4) is 0 Å². The second kappa shape index (κ2) is 4.49. The Labute approximate surface area is 88.7 Å². The molecular weight excluding hydrogens is 198 g/mol. The van der Waals surface area contributed by atoms with E-state index in [4.69, 9.17) is 5.73 Å². The van der Waals surface area contributed by atoms with Crippen LogP contribution in [0.1, 0.15) is 20.8 Å². The lowest BCUT2D eigenvalue weighted by molar-refractivity contribution is 0.398. The van der Waals surface area contributed by atoms with E-state index in [1.807, 2.05) is 11.8 Å². The summed E-state index contributed by atoms with van der Waals surface area (Å²) in [5.74, 6) is 0. The highest BCUT2D eigenvalue weighted by atomic mass is 32.2. The fourth-order valence-corrected chi connectivity index (χ4v) is 3.12. The van der Waals surface area contributed by atoms with Gasteiger partial charge in [-0.1, -0.05) is 26.8 Å². The number of nitrogens with two attached hydrogens (primary N) is 1. The van der Waals surface area contributed by atoms with Gasteiger partial charge in [0.25, 0.3) is 0 Å². The molecule has 0 fully saturated rings. The first kappa shape index (κ1) is 11.1. The Balaban J connectivity index is 2.60. The molecule has 0 bridgehead atoms. The Hall–Kier alpha value is 0.01000. The Morgan fingerprint density at radius 2 is 2.23 bits per heavy atom. The highest BCUT2D eigenvalue weighted by Crippen LogP contribution is 2.36. The van der Waals surface area contributed by atoms with Crippen molar-refractivity contribution in [1.82, 2.24) is 0 Å². The molecule has 0 spiro atoms. The largest absolute Gasteiger partial charge is 0.329 e. The zero-order valence-corrected chi connectivity index (χ0v) is 10.0. The van der Waals surface area contributed by atoms with E-state index in [9.17, 15) is 0 Å². The molecule has 2 N–H and O–H groups in total. The SMILES string of the molecule is CC(C)(C)C(CN)Sc1cccs1. The van der Waals surface area contributed by atoms with Crippen molar-refractivity contribution in [3.63, 3.8) is 0 Å². The van der Waals surface area contributed by atoms with Gasteiger partial charge >= 0.3 is 0 Å². The van der Waals surface area contributed by atoms with Crippen molar-refractivity contribution in [2.24, 2.45) is 11.1 Å². The summed E-state index contributed by atoms with van der Waals surface area (Å²) in [7, 11) is 0. The molecule has 0 amide bonds. The van der Waals surface area contributed by atoms with Gasteiger partial charge in [-0.3, -0.25) is 0 Å². The smallest absolute Gasteiger partial charge is 0.0601 e. The lowest BCUT2D eigenvalue weighted by Crippen LogP contribution is -2.30. The van der Waals surface area contributed by atoms with Crippen molar-refractivity contribution >= 4 is 23.1 Å². The van der Waals surface area contributed by atoms with Crippen molar-refractivity contribution in [3.8, 4) is 0 Å². The Morgan fingerprint density at radius 3 is 2.62 bits per heavy atom. The van der Waals surface area contributed by atoms with Gasteiger partial charge in [-0.2, -0.15) is 0 Å². The fourth-order valence-electron chi connectivity index (χ4n) is 1.05. The zero-order valence-electron chi connectivity index (χ0n) is 8.41. The Morgan fingerprint density at radius 1 is 1.54 bits per heavy atom. The molecule has 1 aromatic rings. The van der Waals surface area contributed by atoms with Crippen molar-refractivity contribution in [2.75, 3.05) is 6.54 Å². The van der Waals surface area contributed by atoms with E-state index in [1.165, 1.54) is 4.21 Å². The molecule has 1 atom stereocenters. The van der Waals surface area contributed by atoms with Crippen LogP contribution in [-0.4, -0.2) is 11.8 Å². The van der Waals surface area contributed by atoms with Crippen LogP contribution >= 0.6 is 23.1 Å². The molecule has 74 valence electrons. The molecule has 0 saturated heterocycles. The lowest BCUT2D eigenvalue weighted by atomic mass is 9.92. The van der Waals surface area contributed by atoms with Gasteiger partial charge in [-0.25, -0.2) is 0 Å². The summed E-state index contributed by atoms with van der Waals surface area (Å²) in [6.07, 6.45) is 0. The molecule has 3 heteroatoms. The summed E-state index contributed by atoms with van der Waals surface area (Å²) in [5.41, 5.74) is 6.04. The highest BCUT2D eigenvalue weighted by Gasteiger charge is 2.24. The predicted molar refractivity (Wildman–Crippen MR) is 62.5 cm³/mol. The average molecular weight is 215 g/mol. The Bertz CT molecular complexity index is 236. The number of thiophene rings is 1. The van der Waals surface area contributed by atoms with Gasteiger partial charge in [0.2, 0.25) is 0 Å². The molecule has 13 heavy (non-hydrogen) atoms. The van der Waals surface area contributed by atoms with Gasteiger partial charge in [0.05, 0.1) is 4.21 Å². The van der Waals surface area contributed by atoms with E-state index in [2.05, 4.69) is 38.3 Å². The van der Waals surface area contributed by atoms with Crippen LogP contribution in [0.5, 0.6) is 0 Å². The van der Waals surface area contributed by atoms with Crippen molar-refractivity contribution in [3.05, 3.63) is 17.5 Å². The number of rotatable bonds is 3. The minimum Gasteiger partial charge on any atom is -0.329 e. The highest BCUT2D eigenvalue weighted by molar-refractivity contribution is 8.01. The van der Waals surface area contributed by atoms with E-state index < -0.39 is 0 Å². The monoisotopic (exact) mass is 215 g/mol. The molecule has 0 aliphatic heterocycles. The van der Waals surface area contributed by atoms with E-state index in [0.29, 0.717) is 5.25 Å². The molecule has 0 aliphatic rings. The first-order valence-electron chi connectivity index (χ1n) is 4.44. The molecule has 0 aliphatic carbocycles. The normalized spacial score (nSPS) is 14.5. The Kier molecular flexibility index (Phi) is 3.83. The summed E-state index contributed by atoms with van der Waals surface area (Å²) in [4.78, 5) is 0. The minimum absolute atomic E-state index is 0.281. The number of hydrogen-bond donors (Lipinski definition) is 1. The van der Waals surface area contributed by atoms with Crippen molar-refractivity contribution < 1.29 is 0 Å². The second-order valence-corrected chi connectivity index (χ2v) is 6.59. The van der Waals surface area contributed by atoms with Crippen LogP contribution in [0.15, 0.2) is 21.7 Å². The molecule has 1 unspecified atom stereocenters. The van der Waals surface area contributed by atoms with Crippen LogP contribution in [0.25, 0.3) is 0 Å². The van der Waals surface area contributed by atoms with Crippen molar-refractivity contribution in [2.45, 2.75) is 30.2 Å².